The van der Waals surface area contributed by atoms with E-state index in [9.17, 15) is 5.41 Å². The molecule has 234 valence electrons. The van der Waals surface area contributed by atoms with Crippen LogP contribution >= 0.6 is 0 Å². The Labute approximate surface area is 289 Å². The van der Waals surface area contributed by atoms with Crippen LogP contribution < -0.4 is 5.62 Å². The summed E-state index contributed by atoms with van der Waals surface area (Å²) in [5, 5.41) is 10.3. The molecule has 0 fully saturated rings. The van der Waals surface area contributed by atoms with E-state index < -0.39 is 5.41 Å². The second-order valence-corrected chi connectivity index (χ2v) is 13.0. The van der Waals surface area contributed by atoms with Crippen LogP contribution in [-0.2, 0) is 5.41 Å². The van der Waals surface area contributed by atoms with Gasteiger partial charge in [0.25, 0.3) is 0 Å². The molecule has 0 amide bonds. The molecule has 0 aliphatic heterocycles. The number of amidine groups is 1. The zero-order valence-corrected chi connectivity index (χ0v) is 27.1. The van der Waals surface area contributed by atoms with Gasteiger partial charge < -0.3 is 4.98 Å². The summed E-state index contributed by atoms with van der Waals surface area (Å²) in [5.74, 6) is 0.147. The zero-order chi connectivity index (χ0) is 33.2. The summed E-state index contributed by atoms with van der Waals surface area (Å²) in [6.45, 7) is 0. The van der Waals surface area contributed by atoms with Crippen molar-refractivity contribution in [3.05, 3.63) is 203 Å². The van der Waals surface area contributed by atoms with Crippen molar-refractivity contribution in [2.45, 2.75) is 5.41 Å². The molecule has 8 aromatic rings. The second kappa shape index (κ2) is 10.9. The van der Waals surface area contributed by atoms with Crippen LogP contribution in [0.3, 0.4) is 0 Å². The number of fused-ring (bicyclic) bond motifs is 11. The SMILES string of the molecule is N=C(/N=c1/nc(-c2ccccc2)c2ccccc2[nH]1)c1ccccc1-c1ccc2c(c1)C1(c3ccccc3-c3ccccc31)c1ccccc1-2. The third kappa shape index (κ3) is 4.02. The van der Waals surface area contributed by atoms with Gasteiger partial charge in [0, 0.05) is 16.5 Å². The molecule has 2 aliphatic rings. The Morgan fingerprint density at radius 1 is 0.500 bits per heavy atom. The molecular weight excluding hydrogens is 609 g/mol. The Morgan fingerprint density at radius 2 is 1.04 bits per heavy atom. The predicted octanol–water partition coefficient (Wildman–Crippen LogP) is 10.2. The van der Waals surface area contributed by atoms with E-state index in [4.69, 9.17) is 9.98 Å². The number of rotatable bonds is 3. The number of nitrogens with one attached hydrogen (secondary N) is 2. The topological polar surface area (TPSA) is 64.9 Å². The van der Waals surface area contributed by atoms with Gasteiger partial charge >= 0.3 is 0 Å². The predicted molar refractivity (Wildman–Crippen MR) is 202 cm³/mol. The minimum atomic E-state index is -0.431. The van der Waals surface area contributed by atoms with Crippen molar-refractivity contribution in [2.75, 3.05) is 0 Å². The molecule has 0 radical (unpaired) electrons. The molecule has 1 spiro atoms. The Balaban J connectivity index is 1.15. The molecule has 0 atom stereocenters. The summed E-state index contributed by atoms with van der Waals surface area (Å²) in [7, 11) is 0. The highest BCUT2D eigenvalue weighted by Crippen LogP contribution is 2.63. The lowest BCUT2D eigenvalue weighted by Gasteiger charge is -2.30. The first kappa shape index (κ1) is 28.4. The van der Waals surface area contributed by atoms with E-state index in [1.807, 2.05) is 54.6 Å². The second-order valence-electron chi connectivity index (χ2n) is 13.0. The molecule has 0 saturated carbocycles. The lowest BCUT2D eigenvalue weighted by molar-refractivity contribution is 0.794. The van der Waals surface area contributed by atoms with Crippen molar-refractivity contribution in [2.24, 2.45) is 4.99 Å². The van der Waals surface area contributed by atoms with Gasteiger partial charge in [-0.05, 0) is 67.8 Å². The number of nitrogens with zero attached hydrogens (tertiary/aromatic N) is 2. The van der Waals surface area contributed by atoms with Gasteiger partial charge in [0.05, 0.1) is 16.6 Å². The smallest absolute Gasteiger partial charge is 0.229 e. The van der Waals surface area contributed by atoms with E-state index in [0.29, 0.717) is 5.62 Å². The molecule has 1 aromatic heterocycles. The number of hydrogen-bond acceptors (Lipinski definition) is 2. The highest BCUT2D eigenvalue weighted by Gasteiger charge is 2.51. The lowest BCUT2D eigenvalue weighted by atomic mass is 9.70. The molecule has 10 rings (SSSR count). The fourth-order valence-corrected chi connectivity index (χ4v) is 8.35. The van der Waals surface area contributed by atoms with Gasteiger partial charge in [-0.3, -0.25) is 5.41 Å². The minimum absolute atomic E-state index is 0.147. The quantitative estimate of drug-likeness (QED) is 0.147. The third-order valence-corrected chi connectivity index (χ3v) is 10.4. The Kier molecular flexibility index (Phi) is 6.21. The van der Waals surface area contributed by atoms with Crippen LogP contribution in [0.5, 0.6) is 0 Å². The summed E-state index contributed by atoms with van der Waals surface area (Å²) in [6, 6.07) is 59.7. The highest BCUT2D eigenvalue weighted by molar-refractivity contribution is 6.04. The van der Waals surface area contributed by atoms with Crippen LogP contribution in [0.25, 0.3) is 55.5 Å². The van der Waals surface area contributed by atoms with Crippen LogP contribution in [0.4, 0.5) is 0 Å². The van der Waals surface area contributed by atoms with E-state index in [2.05, 4.69) is 120 Å². The first-order valence-electron chi connectivity index (χ1n) is 16.9. The Hall–Kier alpha value is -6.65. The van der Waals surface area contributed by atoms with E-state index in [-0.39, 0.29) is 5.84 Å². The molecule has 2 N–H and O–H groups in total. The van der Waals surface area contributed by atoms with Crippen molar-refractivity contribution in [1.82, 2.24) is 9.97 Å². The normalized spacial score (nSPS) is 13.6. The number of aromatic amines is 1. The van der Waals surface area contributed by atoms with E-state index in [1.165, 1.54) is 44.5 Å². The molecule has 0 unspecified atom stereocenters. The maximum atomic E-state index is 9.33. The standard InChI is InChI=1S/C46H30N4/c47-44(50-45-48-42-25-13-9-21-37(42)43(49-45)29-14-2-1-3-15-29)36-20-5-4-16-31(36)30-26-27-35-34-19-8-12-24-40(34)46(41(35)28-30)38-22-10-6-17-32(38)33-18-7-11-23-39(33)46/h1-28H,(H2,47,48,49,50). The molecular formula is C46H30N4. The van der Waals surface area contributed by atoms with Gasteiger partial charge in [-0.15, -0.1) is 0 Å². The monoisotopic (exact) mass is 638 g/mol. The highest BCUT2D eigenvalue weighted by atomic mass is 15.0. The maximum absolute atomic E-state index is 9.33. The maximum Gasteiger partial charge on any atom is 0.229 e. The van der Waals surface area contributed by atoms with Crippen molar-refractivity contribution < 1.29 is 0 Å². The molecule has 4 heteroatoms. The summed E-state index contributed by atoms with van der Waals surface area (Å²) in [6.07, 6.45) is 0. The largest absolute Gasteiger partial charge is 0.323 e. The molecule has 0 saturated heterocycles. The van der Waals surface area contributed by atoms with Crippen molar-refractivity contribution in [3.63, 3.8) is 0 Å². The molecule has 0 bridgehead atoms. The van der Waals surface area contributed by atoms with Crippen molar-refractivity contribution in [3.8, 4) is 44.6 Å². The average Bonchev–Trinajstić information content (AvgIpc) is 3.65. The summed E-state index contributed by atoms with van der Waals surface area (Å²) >= 11 is 0. The average molecular weight is 639 g/mol. The van der Waals surface area contributed by atoms with Crippen LogP contribution in [0.1, 0.15) is 27.8 Å². The summed E-state index contributed by atoms with van der Waals surface area (Å²) < 4.78 is 0. The molecule has 50 heavy (non-hydrogen) atoms. The summed E-state index contributed by atoms with van der Waals surface area (Å²) in [4.78, 5) is 13.1. The molecule has 1 heterocycles. The number of H-pyrrole nitrogens is 1. The number of hydrogen-bond donors (Lipinski definition) is 2. The van der Waals surface area contributed by atoms with Crippen LogP contribution in [-0.4, -0.2) is 15.8 Å². The van der Waals surface area contributed by atoms with Crippen LogP contribution in [0.2, 0.25) is 0 Å². The first-order valence-corrected chi connectivity index (χ1v) is 16.9. The molecule has 2 aliphatic carbocycles. The molecule has 7 aromatic carbocycles. The first-order chi connectivity index (χ1) is 24.7. The van der Waals surface area contributed by atoms with Gasteiger partial charge in [0.1, 0.15) is 0 Å². The summed E-state index contributed by atoms with van der Waals surface area (Å²) in [5.41, 5.74) is 15.8. The van der Waals surface area contributed by atoms with Gasteiger partial charge in [0.15, 0.2) is 5.84 Å². The van der Waals surface area contributed by atoms with Gasteiger partial charge in [-0.2, -0.15) is 4.99 Å². The van der Waals surface area contributed by atoms with E-state index >= 15 is 0 Å². The van der Waals surface area contributed by atoms with Crippen molar-refractivity contribution in [1.29, 1.82) is 5.41 Å². The van der Waals surface area contributed by atoms with E-state index in [1.54, 1.807) is 0 Å². The van der Waals surface area contributed by atoms with Crippen LogP contribution in [0, 0.1) is 5.41 Å². The van der Waals surface area contributed by atoms with Gasteiger partial charge in [-0.25, -0.2) is 4.98 Å². The van der Waals surface area contributed by atoms with Gasteiger partial charge in [0.2, 0.25) is 5.62 Å². The third-order valence-electron chi connectivity index (χ3n) is 10.4. The van der Waals surface area contributed by atoms with Gasteiger partial charge in [-0.1, -0.05) is 158 Å². The Morgan fingerprint density at radius 3 is 1.72 bits per heavy atom. The number of benzene rings is 7. The molecule has 4 nitrogen and oxygen atoms in total. The van der Waals surface area contributed by atoms with Crippen LogP contribution in [0.15, 0.2) is 175 Å². The van der Waals surface area contributed by atoms with E-state index in [0.717, 1.165) is 38.9 Å². The number of aromatic nitrogens is 2. The Bertz CT molecular complexity index is 2670. The zero-order valence-electron chi connectivity index (χ0n) is 27.1. The fourth-order valence-electron chi connectivity index (χ4n) is 8.35. The lowest BCUT2D eigenvalue weighted by Crippen LogP contribution is -2.25. The fraction of sp³-hybridized carbons (Fsp3) is 0.0217. The number of para-hydroxylation sites is 1. The minimum Gasteiger partial charge on any atom is -0.323 e. The van der Waals surface area contributed by atoms with Crippen molar-refractivity contribution >= 4 is 16.7 Å².